The molecule has 6 nitrogen and oxygen atoms in total. The van der Waals surface area contributed by atoms with Crippen LogP contribution in [0.1, 0.15) is 5.69 Å². The van der Waals surface area contributed by atoms with Crippen molar-refractivity contribution >= 4 is 31.6 Å². The summed E-state index contributed by atoms with van der Waals surface area (Å²) in [5, 5.41) is 2.95. The Balaban J connectivity index is 2.24. The van der Waals surface area contributed by atoms with Crippen LogP contribution in [0, 0.1) is 0 Å². The second-order valence-corrected chi connectivity index (χ2v) is 6.88. The van der Waals surface area contributed by atoms with Gasteiger partial charge in [-0.3, -0.25) is 4.72 Å². The highest BCUT2D eigenvalue weighted by atomic mass is 79.9. The largest absolute Gasteiger partial charge is 0.495 e. The summed E-state index contributed by atoms with van der Waals surface area (Å²) in [6, 6.07) is 6.59. The van der Waals surface area contributed by atoms with Gasteiger partial charge in [0, 0.05) is 24.5 Å². The lowest BCUT2D eigenvalue weighted by atomic mass is 10.3. The van der Waals surface area contributed by atoms with Crippen molar-refractivity contribution in [2.24, 2.45) is 0 Å². The average Bonchev–Trinajstić information content (AvgIpc) is 2.91. The average molecular weight is 374 g/mol. The predicted octanol–water partition coefficient (Wildman–Crippen LogP) is 2.31. The van der Waals surface area contributed by atoms with Gasteiger partial charge in [-0.1, -0.05) is 0 Å². The van der Waals surface area contributed by atoms with Crippen molar-refractivity contribution in [3.05, 3.63) is 40.6 Å². The van der Waals surface area contributed by atoms with Gasteiger partial charge in [0.1, 0.15) is 10.6 Å². The number of sulfonamides is 1. The van der Waals surface area contributed by atoms with E-state index in [1.54, 1.807) is 31.3 Å². The lowest BCUT2D eigenvalue weighted by molar-refractivity contribution is 0.412. The molecule has 0 saturated carbocycles. The smallest absolute Gasteiger partial charge is 0.263 e. The first-order valence-electron chi connectivity index (χ1n) is 6.14. The van der Waals surface area contributed by atoms with Crippen LogP contribution in [0.5, 0.6) is 5.75 Å². The van der Waals surface area contributed by atoms with Crippen molar-refractivity contribution in [2.45, 2.75) is 11.4 Å². The lowest BCUT2D eigenvalue weighted by Crippen LogP contribution is -2.12. The molecule has 1 aromatic heterocycles. The number of rotatable bonds is 6. The third-order valence-electron chi connectivity index (χ3n) is 2.80. The first-order chi connectivity index (χ1) is 9.96. The molecule has 0 aliphatic carbocycles. The first-order valence-corrected chi connectivity index (χ1v) is 8.42. The molecule has 3 N–H and O–H groups in total. The van der Waals surface area contributed by atoms with E-state index in [2.05, 4.69) is 31.0 Å². The van der Waals surface area contributed by atoms with E-state index in [0.29, 0.717) is 18.0 Å². The molecule has 0 amide bonds. The SMILES string of the molecule is CNCc1cc(S(=O)(=O)Nc2ccc(Br)c(OC)c2)c[nH]1. The van der Waals surface area contributed by atoms with Crippen molar-refractivity contribution in [1.82, 2.24) is 10.3 Å². The highest BCUT2D eigenvalue weighted by molar-refractivity contribution is 9.10. The van der Waals surface area contributed by atoms with Gasteiger partial charge >= 0.3 is 0 Å². The van der Waals surface area contributed by atoms with Crippen LogP contribution in [-0.4, -0.2) is 27.6 Å². The second kappa shape index (κ2) is 6.50. The molecule has 1 heterocycles. The van der Waals surface area contributed by atoms with Crippen molar-refractivity contribution in [3.8, 4) is 5.75 Å². The first kappa shape index (κ1) is 15.9. The molecule has 0 aliphatic heterocycles. The predicted molar refractivity (Wildman–Crippen MR) is 85.1 cm³/mol. The summed E-state index contributed by atoms with van der Waals surface area (Å²) >= 11 is 3.32. The Bertz CT molecular complexity index is 728. The Morgan fingerprint density at radius 3 is 2.76 bits per heavy atom. The van der Waals surface area contributed by atoms with Gasteiger partial charge < -0.3 is 15.0 Å². The van der Waals surface area contributed by atoms with E-state index in [1.807, 2.05) is 0 Å². The number of methoxy groups -OCH3 is 1. The summed E-state index contributed by atoms with van der Waals surface area (Å²) in [4.78, 5) is 3.11. The van der Waals surface area contributed by atoms with E-state index in [0.717, 1.165) is 10.2 Å². The highest BCUT2D eigenvalue weighted by Crippen LogP contribution is 2.29. The van der Waals surface area contributed by atoms with Gasteiger partial charge in [-0.2, -0.15) is 0 Å². The van der Waals surface area contributed by atoms with E-state index in [9.17, 15) is 8.42 Å². The Kier molecular flexibility index (Phi) is 4.92. The Labute approximate surface area is 132 Å². The number of aromatic nitrogens is 1. The summed E-state index contributed by atoms with van der Waals surface area (Å²) in [7, 11) is -0.313. The molecule has 8 heteroatoms. The number of benzene rings is 1. The molecule has 2 aromatic rings. The lowest BCUT2D eigenvalue weighted by Gasteiger charge is -2.09. The van der Waals surface area contributed by atoms with Crippen molar-refractivity contribution in [2.75, 3.05) is 18.9 Å². The second-order valence-electron chi connectivity index (χ2n) is 4.35. The fraction of sp³-hybridized carbons (Fsp3) is 0.231. The maximum Gasteiger partial charge on any atom is 0.263 e. The van der Waals surface area contributed by atoms with Gasteiger partial charge in [0.25, 0.3) is 10.0 Å². The number of hydrogen-bond donors (Lipinski definition) is 3. The van der Waals surface area contributed by atoms with Crippen molar-refractivity contribution < 1.29 is 13.2 Å². The van der Waals surface area contributed by atoms with Gasteiger partial charge in [-0.15, -0.1) is 0 Å². The van der Waals surface area contributed by atoms with Crippen LogP contribution in [0.4, 0.5) is 5.69 Å². The van der Waals surface area contributed by atoms with Gasteiger partial charge in [0.2, 0.25) is 0 Å². The number of nitrogens with one attached hydrogen (secondary N) is 3. The van der Waals surface area contributed by atoms with E-state index >= 15 is 0 Å². The van der Waals surface area contributed by atoms with Crippen molar-refractivity contribution in [1.29, 1.82) is 0 Å². The Hall–Kier alpha value is -1.51. The number of H-pyrrole nitrogens is 1. The normalized spacial score (nSPS) is 11.4. The number of hydrogen-bond acceptors (Lipinski definition) is 4. The number of ether oxygens (including phenoxy) is 1. The zero-order valence-corrected chi connectivity index (χ0v) is 14.0. The molecular weight excluding hydrogens is 358 g/mol. The molecule has 1 aromatic carbocycles. The molecule has 0 spiro atoms. The number of anilines is 1. The highest BCUT2D eigenvalue weighted by Gasteiger charge is 2.16. The van der Waals surface area contributed by atoms with Crippen LogP contribution < -0.4 is 14.8 Å². The summed E-state index contributed by atoms with van der Waals surface area (Å²) in [5.41, 5.74) is 1.23. The molecule has 0 fully saturated rings. The van der Waals surface area contributed by atoms with Crippen LogP contribution in [0.3, 0.4) is 0 Å². The molecule has 0 saturated heterocycles. The zero-order chi connectivity index (χ0) is 15.5. The van der Waals surface area contributed by atoms with Gasteiger partial charge in [-0.25, -0.2) is 8.42 Å². The fourth-order valence-corrected chi connectivity index (χ4v) is 3.28. The topological polar surface area (TPSA) is 83.2 Å². The number of halogens is 1. The minimum Gasteiger partial charge on any atom is -0.495 e. The van der Waals surface area contributed by atoms with E-state index in [-0.39, 0.29) is 4.90 Å². The van der Waals surface area contributed by atoms with Crippen LogP contribution in [0.2, 0.25) is 0 Å². The summed E-state index contributed by atoms with van der Waals surface area (Å²) < 4.78 is 33.0. The van der Waals surface area contributed by atoms with Gasteiger partial charge in [0.05, 0.1) is 17.3 Å². The molecule has 114 valence electrons. The molecule has 2 rings (SSSR count). The fourth-order valence-electron chi connectivity index (χ4n) is 1.80. The standard InChI is InChI=1S/C13H16BrN3O3S/c1-15-7-10-5-11(8-16-10)21(18,19)17-9-3-4-12(14)13(6-9)20-2/h3-6,8,15-17H,7H2,1-2H3. The zero-order valence-electron chi connectivity index (χ0n) is 11.6. The third-order valence-corrected chi connectivity index (χ3v) is 4.81. The van der Waals surface area contributed by atoms with E-state index in [1.165, 1.54) is 13.3 Å². The maximum atomic E-state index is 12.3. The minimum absolute atomic E-state index is 0.189. The summed E-state index contributed by atoms with van der Waals surface area (Å²) in [5.74, 6) is 0.556. The molecule has 21 heavy (non-hydrogen) atoms. The van der Waals surface area contributed by atoms with Crippen LogP contribution in [0.25, 0.3) is 0 Å². The third kappa shape index (κ3) is 3.78. The van der Waals surface area contributed by atoms with Crippen LogP contribution in [0.15, 0.2) is 39.8 Å². The van der Waals surface area contributed by atoms with E-state index < -0.39 is 10.0 Å². The Morgan fingerprint density at radius 2 is 2.10 bits per heavy atom. The molecule has 0 atom stereocenters. The quantitative estimate of drug-likeness (QED) is 0.725. The number of aromatic amines is 1. The summed E-state index contributed by atoms with van der Waals surface area (Å²) in [6.07, 6.45) is 1.46. The molecular formula is C13H16BrN3O3S. The van der Waals surface area contributed by atoms with Gasteiger partial charge in [0.15, 0.2) is 0 Å². The summed E-state index contributed by atoms with van der Waals surface area (Å²) in [6.45, 7) is 0.571. The maximum absolute atomic E-state index is 12.3. The molecule has 0 radical (unpaired) electrons. The minimum atomic E-state index is -3.63. The van der Waals surface area contributed by atoms with Crippen LogP contribution in [-0.2, 0) is 16.6 Å². The van der Waals surface area contributed by atoms with Crippen LogP contribution >= 0.6 is 15.9 Å². The molecule has 0 unspecified atom stereocenters. The van der Waals surface area contributed by atoms with E-state index in [4.69, 9.17) is 4.74 Å². The monoisotopic (exact) mass is 373 g/mol. The molecule has 0 bridgehead atoms. The van der Waals surface area contributed by atoms with Crippen molar-refractivity contribution in [3.63, 3.8) is 0 Å². The Morgan fingerprint density at radius 1 is 1.33 bits per heavy atom. The van der Waals surface area contributed by atoms with Gasteiger partial charge in [-0.05, 0) is 41.2 Å². The molecule has 0 aliphatic rings.